The number of aromatic nitrogens is 1. The van der Waals surface area contributed by atoms with Crippen LogP contribution in [0, 0.1) is 0 Å². The third-order valence-corrected chi connectivity index (χ3v) is 4.54. The molecule has 0 atom stereocenters. The van der Waals surface area contributed by atoms with Crippen LogP contribution in [0.3, 0.4) is 0 Å². The number of nitrogens with zero attached hydrogens (tertiary/aromatic N) is 1. The molecule has 0 aliphatic carbocycles. The summed E-state index contributed by atoms with van der Waals surface area (Å²) >= 11 is 5.87. The van der Waals surface area contributed by atoms with E-state index in [0.717, 1.165) is 5.56 Å². The van der Waals surface area contributed by atoms with Crippen molar-refractivity contribution in [2.45, 2.75) is 11.4 Å². The van der Waals surface area contributed by atoms with Crippen molar-refractivity contribution >= 4 is 21.6 Å². The SMILES string of the molecule is COc1ccccc1CNS(=O)(=O)c1cnccc1Cl. The number of benzene rings is 1. The molecule has 1 aromatic heterocycles. The quantitative estimate of drug-likeness (QED) is 0.919. The van der Waals surface area contributed by atoms with E-state index in [-0.39, 0.29) is 16.5 Å². The summed E-state index contributed by atoms with van der Waals surface area (Å²) in [6, 6.07) is 8.60. The van der Waals surface area contributed by atoms with Crippen molar-refractivity contribution in [2.75, 3.05) is 7.11 Å². The number of sulfonamides is 1. The molecule has 2 rings (SSSR count). The van der Waals surface area contributed by atoms with E-state index in [9.17, 15) is 8.42 Å². The van der Waals surface area contributed by atoms with E-state index in [1.54, 1.807) is 12.1 Å². The van der Waals surface area contributed by atoms with E-state index in [0.29, 0.717) is 5.75 Å². The van der Waals surface area contributed by atoms with Crippen LogP contribution in [-0.4, -0.2) is 20.5 Å². The van der Waals surface area contributed by atoms with Crippen molar-refractivity contribution < 1.29 is 13.2 Å². The van der Waals surface area contributed by atoms with E-state index in [2.05, 4.69) is 9.71 Å². The second-order valence-electron chi connectivity index (χ2n) is 3.94. The highest BCUT2D eigenvalue weighted by atomic mass is 35.5. The fraction of sp³-hybridized carbons (Fsp3) is 0.154. The van der Waals surface area contributed by atoms with Crippen LogP contribution in [0.15, 0.2) is 47.6 Å². The minimum Gasteiger partial charge on any atom is -0.496 e. The Morgan fingerprint density at radius 1 is 1.30 bits per heavy atom. The molecule has 2 aromatic rings. The zero-order chi connectivity index (χ0) is 14.6. The molecule has 0 saturated heterocycles. The maximum absolute atomic E-state index is 12.1. The maximum Gasteiger partial charge on any atom is 0.243 e. The fourth-order valence-corrected chi connectivity index (χ4v) is 3.10. The summed E-state index contributed by atoms with van der Waals surface area (Å²) in [5.74, 6) is 0.618. The van der Waals surface area contributed by atoms with Crippen molar-refractivity contribution in [1.82, 2.24) is 9.71 Å². The molecule has 20 heavy (non-hydrogen) atoms. The molecule has 1 aromatic carbocycles. The zero-order valence-corrected chi connectivity index (χ0v) is 12.3. The molecule has 106 valence electrons. The summed E-state index contributed by atoms with van der Waals surface area (Å²) in [5, 5.41) is 0.132. The molecule has 5 nitrogen and oxygen atoms in total. The van der Waals surface area contributed by atoms with Crippen LogP contribution in [0.1, 0.15) is 5.56 Å². The first kappa shape index (κ1) is 14.8. The standard InChI is InChI=1S/C13H13ClN2O3S/c1-19-12-5-3-2-4-10(12)8-16-20(17,18)13-9-15-7-6-11(13)14/h2-7,9,16H,8H2,1H3. The molecular formula is C13H13ClN2O3S. The van der Waals surface area contributed by atoms with E-state index < -0.39 is 10.0 Å². The lowest BCUT2D eigenvalue weighted by atomic mass is 10.2. The molecule has 0 spiro atoms. The highest BCUT2D eigenvalue weighted by Crippen LogP contribution is 2.21. The van der Waals surface area contributed by atoms with Gasteiger partial charge in [0, 0.05) is 24.5 Å². The van der Waals surface area contributed by atoms with Gasteiger partial charge in [-0.05, 0) is 12.1 Å². The Labute approximate surface area is 122 Å². The second-order valence-corrected chi connectivity index (χ2v) is 6.09. The topological polar surface area (TPSA) is 68.3 Å². The molecule has 1 heterocycles. The lowest BCUT2D eigenvalue weighted by Gasteiger charge is -2.10. The van der Waals surface area contributed by atoms with Gasteiger partial charge >= 0.3 is 0 Å². The average Bonchev–Trinajstić information content (AvgIpc) is 2.46. The van der Waals surface area contributed by atoms with Gasteiger partial charge in [0.25, 0.3) is 0 Å². The number of methoxy groups -OCH3 is 1. The Kier molecular flexibility index (Phi) is 4.59. The zero-order valence-electron chi connectivity index (χ0n) is 10.7. The lowest BCUT2D eigenvalue weighted by molar-refractivity contribution is 0.409. The normalized spacial score (nSPS) is 11.3. The number of para-hydroxylation sites is 1. The van der Waals surface area contributed by atoms with Crippen LogP contribution in [0.25, 0.3) is 0 Å². The van der Waals surface area contributed by atoms with Gasteiger partial charge in [-0.1, -0.05) is 29.8 Å². The molecule has 0 saturated carbocycles. The van der Waals surface area contributed by atoms with Gasteiger partial charge in [0.1, 0.15) is 10.6 Å². The Balaban J connectivity index is 2.20. The number of pyridine rings is 1. The lowest BCUT2D eigenvalue weighted by Crippen LogP contribution is -2.24. The monoisotopic (exact) mass is 312 g/mol. The van der Waals surface area contributed by atoms with E-state index >= 15 is 0 Å². The molecule has 0 unspecified atom stereocenters. The van der Waals surface area contributed by atoms with Crippen LogP contribution in [-0.2, 0) is 16.6 Å². The van der Waals surface area contributed by atoms with Crippen LogP contribution in [0.4, 0.5) is 0 Å². The molecule has 0 bridgehead atoms. The first-order chi connectivity index (χ1) is 9.54. The highest BCUT2D eigenvalue weighted by molar-refractivity contribution is 7.89. The predicted molar refractivity (Wildman–Crippen MR) is 76.3 cm³/mol. The Hall–Kier alpha value is -1.63. The molecule has 7 heteroatoms. The fourth-order valence-electron chi connectivity index (χ4n) is 1.66. The van der Waals surface area contributed by atoms with Crippen molar-refractivity contribution in [3.05, 3.63) is 53.3 Å². The van der Waals surface area contributed by atoms with Crippen molar-refractivity contribution in [3.63, 3.8) is 0 Å². The highest BCUT2D eigenvalue weighted by Gasteiger charge is 2.18. The van der Waals surface area contributed by atoms with Gasteiger partial charge in [-0.15, -0.1) is 0 Å². The second kappa shape index (κ2) is 6.21. The summed E-state index contributed by atoms with van der Waals surface area (Å²) in [6.07, 6.45) is 2.65. The minimum absolute atomic E-state index is 0.0448. The Morgan fingerprint density at radius 2 is 2.05 bits per heavy atom. The van der Waals surface area contributed by atoms with Gasteiger partial charge in [0.2, 0.25) is 10.0 Å². The summed E-state index contributed by atoms with van der Waals surface area (Å²) in [4.78, 5) is 3.73. The number of hydrogen-bond acceptors (Lipinski definition) is 4. The van der Waals surface area contributed by atoms with Crippen LogP contribution in [0.5, 0.6) is 5.75 Å². The van der Waals surface area contributed by atoms with Crippen LogP contribution >= 0.6 is 11.6 Å². The van der Waals surface area contributed by atoms with Crippen molar-refractivity contribution in [2.24, 2.45) is 0 Å². The van der Waals surface area contributed by atoms with Crippen molar-refractivity contribution in [1.29, 1.82) is 0 Å². The number of nitrogens with one attached hydrogen (secondary N) is 1. The number of hydrogen-bond donors (Lipinski definition) is 1. The van der Waals surface area contributed by atoms with E-state index in [1.165, 1.54) is 25.6 Å². The number of halogens is 1. The van der Waals surface area contributed by atoms with E-state index in [4.69, 9.17) is 16.3 Å². The largest absolute Gasteiger partial charge is 0.496 e. The summed E-state index contributed by atoms with van der Waals surface area (Å²) in [6.45, 7) is 0.109. The van der Waals surface area contributed by atoms with E-state index in [1.807, 2.05) is 12.1 Å². The van der Waals surface area contributed by atoms with Gasteiger partial charge in [0.15, 0.2) is 0 Å². The summed E-state index contributed by atoms with van der Waals surface area (Å²) in [5.41, 5.74) is 0.735. The number of rotatable bonds is 5. The third-order valence-electron chi connectivity index (χ3n) is 2.67. The van der Waals surface area contributed by atoms with Gasteiger partial charge in [0.05, 0.1) is 12.1 Å². The van der Waals surface area contributed by atoms with Crippen LogP contribution in [0.2, 0.25) is 5.02 Å². The summed E-state index contributed by atoms with van der Waals surface area (Å²) in [7, 11) is -2.18. The van der Waals surface area contributed by atoms with Gasteiger partial charge < -0.3 is 4.74 Å². The Bertz CT molecular complexity index is 704. The van der Waals surface area contributed by atoms with Gasteiger partial charge in [-0.25, -0.2) is 13.1 Å². The molecule has 0 amide bonds. The smallest absolute Gasteiger partial charge is 0.243 e. The molecule has 0 aliphatic heterocycles. The number of ether oxygens (including phenoxy) is 1. The minimum atomic E-state index is -3.71. The van der Waals surface area contributed by atoms with Gasteiger partial charge in [-0.3, -0.25) is 4.98 Å². The third kappa shape index (κ3) is 3.27. The van der Waals surface area contributed by atoms with Gasteiger partial charge in [-0.2, -0.15) is 0 Å². The molecule has 0 aliphatic rings. The Morgan fingerprint density at radius 3 is 2.75 bits per heavy atom. The summed E-state index contributed by atoms with van der Waals surface area (Å²) < 4.78 is 31.9. The van der Waals surface area contributed by atoms with Crippen molar-refractivity contribution in [3.8, 4) is 5.75 Å². The predicted octanol–water partition coefficient (Wildman–Crippen LogP) is 2.22. The first-order valence-corrected chi connectivity index (χ1v) is 7.62. The molecular weight excluding hydrogens is 300 g/mol. The van der Waals surface area contributed by atoms with Crippen LogP contribution < -0.4 is 9.46 Å². The molecule has 0 fully saturated rings. The molecule has 1 N–H and O–H groups in total. The maximum atomic E-state index is 12.1. The first-order valence-electron chi connectivity index (χ1n) is 5.75. The molecule has 0 radical (unpaired) electrons. The average molecular weight is 313 g/mol.